The predicted molar refractivity (Wildman–Crippen MR) is 70.4 cm³/mol. The smallest absolute Gasteiger partial charge is 0.256 e. The number of aldehydes is 1. The van der Waals surface area contributed by atoms with Gasteiger partial charge >= 0.3 is 0 Å². The number of rotatable bonds is 2. The monoisotopic (exact) mass is 256 g/mol. The lowest BCUT2D eigenvalue weighted by molar-refractivity contribution is -0.110. The SMILES string of the molecule is O=Cc1ccc2c(c1)NC(=O)/C2=C/c1cscn1. The Labute approximate surface area is 107 Å². The summed E-state index contributed by atoms with van der Waals surface area (Å²) in [6, 6.07) is 5.14. The summed E-state index contributed by atoms with van der Waals surface area (Å²) in [5, 5.41) is 4.62. The van der Waals surface area contributed by atoms with Gasteiger partial charge in [-0.1, -0.05) is 12.1 Å². The van der Waals surface area contributed by atoms with Crippen molar-refractivity contribution in [2.45, 2.75) is 0 Å². The van der Waals surface area contributed by atoms with E-state index in [-0.39, 0.29) is 5.91 Å². The van der Waals surface area contributed by atoms with E-state index < -0.39 is 0 Å². The summed E-state index contributed by atoms with van der Waals surface area (Å²) in [6.07, 6.45) is 2.51. The maximum atomic E-state index is 11.9. The van der Waals surface area contributed by atoms with Crippen LogP contribution in [-0.4, -0.2) is 17.2 Å². The number of carbonyl (C=O) groups excluding carboxylic acids is 2. The number of anilines is 1. The van der Waals surface area contributed by atoms with Crippen molar-refractivity contribution in [1.82, 2.24) is 4.98 Å². The minimum atomic E-state index is -0.166. The van der Waals surface area contributed by atoms with Gasteiger partial charge in [-0.2, -0.15) is 0 Å². The van der Waals surface area contributed by atoms with Crippen LogP contribution >= 0.6 is 11.3 Å². The van der Waals surface area contributed by atoms with E-state index in [0.29, 0.717) is 16.8 Å². The number of thiazole rings is 1. The number of carbonyl (C=O) groups is 2. The van der Waals surface area contributed by atoms with E-state index in [0.717, 1.165) is 17.5 Å². The van der Waals surface area contributed by atoms with Crippen LogP contribution in [0.5, 0.6) is 0 Å². The van der Waals surface area contributed by atoms with Gasteiger partial charge in [-0.05, 0) is 12.1 Å². The fourth-order valence-electron chi connectivity index (χ4n) is 1.87. The van der Waals surface area contributed by atoms with Crippen LogP contribution in [-0.2, 0) is 4.79 Å². The van der Waals surface area contributed by atoms with Gasteiger partial charge < -0.3 is 5.32 Å². The summed E-state index contributed by atoms with van der Waals surface area (Å²) in [5.41, 5.74) is 5.08. The number of aromatic nitrogens is 1. The molecule has 1 aliphatic heterocycles. The first-order valence-corrected chi connectivity index (χ1v) is 6.23. The first-order chi connectivity index (χ1) is 8.78. The molecule has 0 saturated heterocycles. The fraction of sp³-hybridized carbons (Fsp3) is 0. The van der Waals surface area contributed by atoms with Gasteiger partial charge in [-0.15, -0.1) is 11.3 Å². The van der Waals surface area contributed by atoms with Crippen LogP contribution in [0.2, 0.25) is 0 Å². The van der Waals surface area contributed by atoms with Crippen LogP contribution in [0.15, 0.2) is 29.1 Å². The quantitative estimate of drug-likeness (QED) is 0.663. The van der Waals surface area contributed by atoms with Crippen LogP contribution in [0.25, 0.3) is 11.6 Å². The molecule has 4 nitrogen and oxygen atoms in total. The van der Waals surface area contributed by atoms with E-state index in [4.69, 9.17) is 0 Å². The van der Waals surface area contributed by atoms with Gasteiger partial charge in [0.1, 0.15) is 6.29 Å². The Bertz CT molecular complexity index is 660. The molecule has 2 heterocycles. The van der Waals surface area contributed by atoms with Crippen LogP contribution < -0.4 is 5.32 Å². The summed E-state index contributed by atoms with van der Waals surface area (Å²) < 4.78 is 0. The Balaban J connectivity index is 2.10. The number of benzene rings is 1. The van der Waals surface area contributed by atoms with Gasteiger partial charge in [0, 0.05) is 22.2 Å². The lowest BCUT2D eigenvalue weighted by Gasteiger charge is -1.98. The van der Waals surface area contributed by atoms with E-state index >= 15 is 0 Å². The zero-order valence-corrected chi connectivity index (χ0v) is 10.0. The van der Waals surface area contributed by atoms with Gasteiger partial charge in [0.2, 0.25) is 0 Å². The Morgan fingerprint density at radius 1 is 1.33 bits per heavy atom. The van der Waals surface area contributed by atoms with Crippen LogP contribution in [0.3, 0.4) is 0 Å². The second-order valence-corrected chi connectivity index (χ2v) is 4.57. The second-order valence-electron chi connectivity index (χ2n) is 3.85. The van der Waals surface area contributed by atoms with Gasteiger partial charge in [0.15, 0.2) is 0 Å². The third-order valence-corrected chi connectivity index (χ3v) is 3.31. The molecule has 0 fully saturated rings. The van der Waals surface area contributed by atoms with Gasteiger partial charge in [-0.3, -0.25) is 9.59 Å². The number of hydrogen-bond acceptors (Lipinski definition) is 4. The van der Waals surface area contributed by atoms with Crippen molar-refractivity contribution in [2.24, 2.45) is 0 Å². The molecule has 0 radical (unpaired) electrons. The highest BCUT2D eigenvalue weighted by atomic mass is 32.1. The Morgan fingerprint density at radius 2 is 2.22 bits per heavy atom. The molecule has 1 N–H and O–H groups in total. The summed E-state index contributed by atoms with van der Waals surface area (Å²) in [7, 11) is 0. The van der Waals surface area contributed by atoms with Crippen LogP contribution in [0.4, 0.5) is 5.69 Å². The molecule has 0 unspecified atom stereocenters. The maximum Gasteiger partial charge on any atom is 0.256 e. The minimum absolute atomic E-state index is 0.166. The molecule has 5 heteroatoms. The summed E-state index contributed by atoms with van der Waals surface area (Å²) in [6.45, 7) is 0. The number of nitrogens with zero attached hydrogens (tertiary/aromatic N) is 1. The lowest BCUT2D eigenvalue weighted by atomic mass is 10.0. The van der Waals surface area contributed by atoms with Crippen molar-refractivity contribution in [3.05, 3.63) is 45.9 Å². The molecule has 1 aromatic heterocycles. The standard InChI is InChI=1S/C13H8N2O2S/c16-5-8-1-2-10-11(4-9-6-18-7-14-9)13(17)15-12(10)3-8/h1-7H,(H,15,17)/b11-4+. The molecule has 0 spiro atoms. The average Bonchev–Trinajstić information content (AvgIpc) is 2.98. The Kier molecular flexibility index (Phi) is 2.53. The van der Waals surface area contributed by atoms with E-state index in [1.807, 2.05) is 5.38 Å². The molecule has 0 saturated carbocycles. The number of fused-ring (bicyclic) bond motifs is 1. The Hall–Kier alpha value is -2.27. The minimum Gasteiger partial charge on any atom is -0.321 e. The highest BCUT2D eigenvalue weighted by molar-refractivity contribution is 7.07. The van der Waals surface area contributed by atoms with Crippen LogP contribution in [0, 0.1) is 0 Å². The van der Waals surface area contributed by atoms with Crippen molar-refractivity contribution < 1.29 is 9.59 Å². The normalized spacial score (nSPS) is 15.6. The molecule has 18 heavy (non-hydrogen) atoms. The largest absolute Gasteiger partial charge is 0.321 e. The highest BCUT2D eigenvalue weighted by Gasteiger charge is 2.24. The summed E-state index contributed by atoms with van der Waals surface area (Å²) in [4.78, 5) is 26.7. The van der Waals surface area contributed by atoms with Crippen molar-refractivity contribution in [3.63, 3.8) is 0 Å². The second kappa shape index (κ2) is 4.19. The molecule has 1 aromatic carbocycles. The first kappa shape index (κ1) is 10.9. The third-order valence-electron chi connectivity index (χ3n) is 2.71. The maximum absolute atomic E-state index is 11.9. The molecule has 0 aliphatic carbocycles. The van der Waals surface area contributed by atoms with Gasteiger partial charge in [0.25, 0.3) is 5.91 Å². The topological polar surface area (TPSA) is 59.1 Å². The average molecular weight is 256 g/mol. The molecule has 1 aliphatic rings. The number of amides is 1. The van der Waals surface area contributed by atoms with E-state index in [2.05, 4.69) is 10.3 Å². The number of nitrogens with one attached hydrogen (secondary N) is 1. The zero-order chi connectivity index (χ0) is 12.5. The van der Waals surface area contributed by atoms with Crippen molar-refractivity contribution in [3.8, 4) is 0 Å². The molecule has 3 rings (SSSR count). The fourth-order valence-corrected chi connectivity index (χ4v) is 2.38. The van der Waals surface area contributed by atoms with Gasteiger partial charge in [0.05, 0.1) is 16.8 Å². The van der Waals surface area contributed by atoms with Crippen LogP contribution in [0.1, 0.15) is 21.6 Å². The Morgan fingerprint density at radius 3 is 2.94 bits per heavy atom. The van der Waals surface area contributed by atoms with E-state index in [9.17, 15) is 9.59 Å². The summed E-state index contributed by atoms with van der Waals surface area (Å²) >= 11 is 1.48. The van der Waals surface area contributed by atoms with Gasteiger partial charge in [-0.25, -0.2) is 4.98 Å². The zero-order valence-electron chi connectivity index (χ0n) is 9.21. The molecule has 0 bridgehead atoms. The summed E-state index contributed by atoms with van der Waals surface area (Å²) in [5.74, 6) is -0.166. The third kappa shape index (κ3) is 1.74. The predicted octanol–water partition coefficient (Wildman–Crippen LogP) is 2.45. The van der Waals surface area contributed by atoms with E-state index in [1.165, 1.54) is 11.3 Å². The first-order valence-electron chi connectivity index (χ1n) is 5.29. The molecule has 1 amide bonds. The molecular formula is C13H8N2O2S. The number of hydrogen-bond donors (Lipinski definition) is 1. The molecule has 2 aromatic rings. The molecular weight excluding hydrogens is 248 g/mol. The van der Waals surface area contributed by atoms with Crippen molar-refractivity contribution >= 4 is 40.9 Å². The van der Waals surface area contributed by atoms with E-state index in [1.54, 1.807) is 29.8 Å². The lowest BCUT2D eigenvalue weighted by Crippen LogP contribution is -2.03. The molecule has 88 valence electrons. The highest BCUT2D eigenvalue weighted by Crippen LogP contribution is 2.33. The molecule has 0 atom stereocenters. The van der Waals surface area contributed by atoms with Crippen molar-refractivity contribution in [2.75, 3.05) is 5.32 Å². The van der Waals surface area contributed by atoms with Crippen molar-refractivity contribution in [1.29, 1.82) is 0 Å².